The summed E-state index contributed by atoms with van der Waals surface area (Å²) in [5.41, 5.74) is 1.57. The highest BCUT2D eigenvalue weighted by Gasteiger charge is 2.13. The van der Waals surface area contributed by atoms with Crippen LogP contribution >= 0.6 is 0 Å². The molecule has 1 fully saturated rings. The number of hydrogen-bond acceptors (Lipinski definition) is 2. The number of ether oxygens (including phenoxy) is 1. The Balaban J connectivity index is 1.76. The lowest BCUT2D eigenvalue weighted by atomic mass is 9.87. The van der Waals surface area contributed by atoms with Gasteiger partial charge in [-0.2, -0.15) is 0 Å². The van der Waals surface area contributed by atoms with E-state index in [4.69, 9.17) is 4.74 Å². The smallest absolute Gasteiger partial charge is 0.119 e. The molecule has 20 heavy (non-hydrogen) atoms. The van der Waals surface area contributed by atoms with Crippen molar-refractivity contribution in [3.63, 3.8) is 0 Å². The average Bonchev–Trinajstić information content (AvgIpc) is 2.67. The fourth-order valence-corrected chi connectivity index (χ4v) is 2.70. The van der Waals surface area contributed by atoms with Gasteiger partial charge in [-0.15, -0.1) is 0 Å². The molecule has 1 saturated heterocycles. The van der Waals surface area contributed by atoms with E-state index in [2.05, 4.69) is 49.9 Å². The summed E-state index contributed by atoms with van der Waals surface area (Å²) >= 11 is 0. The van der Waals surface area contributed by atoms with Gasteiger partial charge in [0, 0.05) is 6.54 Å². The van der Waals surface area contributed by atoms with E-state index in [1.54, 1.807) is 0 Å². The summed E-state index contributed by atoms with van der Waals surface area (Å²) in [7, 11) is 0. The molecule has 0 N–H and O–H groups in total. The lowest BCUT2D eigenvalue weighted by Crippen LogP contribution is -2.29. The van der Waals surface area contributed by atoms with Gasteiger partial charge in [-0.05, 0) is 49.0 Å². The van der Waals surface area contributed by atoms with Gasteiger partial charge in [0.25, 0.3) is 0 Å². The fraction of sp³-hybridized carbons (Fsp3) is 0.667. The van der Waals surface area contributed by atoms with Crippen LogP contribution in [0, 0.1) is 0 Å². The highest BCUT2D eigenvalue weighted by Crippen LogP contribution is 2.24. The highest BCUT2D eigenvalue weighted by molar-refractivity contribution is 5.31. The number of nitrogens with zero attached hydrogens (tertiary/aromatic N) is 1. The van der Waals surface area contributed by atoms with E-state index in [1.807, 2.05) is 0 Å². The molecule has 0 bridgehead atoms. The lowest BCUT2D eigenvalue weighted by Gasteiger charge is -2.21. The van der Waals surface area contributed by atoms with E-state index in [0.717, 1.165) is 18.9 Å². The Kier molecular flexibility index (Phi) is 5.47. The summed E-state index contributed by atoms with van der Waals surface area (Å²) in [6, 6.07) is 8.56. The second-order valence-corrected chi connectivity index (χ2v) is 6.88. The average molecular weight is 275 g/mol. The standard InChI is InChI=1S/C18H29NO/c1-18(2,3)16-8-10-17(11-9-16)20-15-14-19-12-6-4-5-7-13-19/h8-11H,4-7,12-15H2,1-3H3. The predicted molar refractivity (Wildman–Crippen MR) is 85.5 cm³/mol. The molecule has 0 unspecified atom stereocenters. The van der Waals surface area contributed by atoms with Crippen LogP contribution in [0.2, 0.25) is 0 Å². The van der Waals surface area contributed by atoms with Gasteiger partial charge in [-0.1, -0.05) is 45.7 Å². The topological polar surface area (TPSA) is 12.5 Å². The quantitative estimate of drug-likeness (QED) is 0.815. The zero-order valence-electron chi connectivity index (χ0n) is 13.3. The predicted octanol–water partition coefficient (Wildman–Crippen LogP) is 4.24. The van der Waals surface area contributed by atoms with Gasteiger partial charge in [0.2, 0.25) is 0 Å². The van der Waals surface area contributed by atoms with E-state index < -0.39 is 0 Å². The molecule has 1 aromatic carbocycles. The fourth-order valence-electron chi connectivity index (χ4n) is 2.70. The van der Waals surface area contributed by atoms with Gasteiger partial charge in [-0.3, -0.25) is 4.90 Å². The van der Waals surface area contributed by atoms with Crippen LogP contribution in [0.4, 0.5) is 0 Å². The van der Waals surface area contributed by atoms with E-state index in [1.165, 1.54) is 44.3 Å². The Morgan fingerprint density at radius 3 is 2.10 bits per heavy atom. The van der Waals surface area contributed by atoms with Crippen molar-refractivity contribution in [1.82, 2.24) is 4.90 Å². The zero-order chi connectivity index (χ0) is 14.4. The molecule has 0 aliphatic carbocycles. The van der Waals surface area contributed by atoms with Crippen molar-refractivity contribution in [2.45, 2.75) is 51.9 Å². The number of likely N-dealkylation sites (tertiary alicyclic amines) is 1. The van der Waals surface area contributed by atoms with Gasteiger partial charge >= 0.3 is 0 Å². The first-order valence-corrected chi connectivity index (χ1v) is 8.01. The highest BCUT2D eigenvalue weighted by atomic mass is 16.5. The summed E-state index contributed by atoms with van der Waals surface area (Å²) in [5, 5.41) is 0. The largest absolute Gasteiger partial charge is 0.492 e. The first kappa shape index (κ1) is 15.4. The van der Waals surface area contributed by atoms with Crippen molar-refractivity contribution in [2.24, 2.45) is 0 Å². The van der Waals surface area contributed by atoms with Crippen LogP contribution in [0.15, 0.2) is 24.3 Å². The van der Waals surface area contributed by atoms with Gasteiger partial charge < -0.3 is 4.74 Å². The third-order valence-corrected chi connectivity index (χ3v) is 4.10. The molecule has 0 saturated carbocycles. The van der Waals surface area contributed by atoms with Gasteiger partial charge in [-0.25, -0.2) is 0 Å². The molecule has 1 aromatic rings. The maximum absolute atomic E-state index is 5.88. The van der Waals surface area contributed by atoms with E-state index in [0.29, 0.717) is 0 Å². The van der Waals surface area contributed by atoms with Crippen LogP contribution < -0.4 is 4.74 Å². The number of hydrogen-bond donors (Lipinski definition) is 0. The zero-order valence-corrected chi connectivity index (χ0v) is 13.3. The van der Waals surface area contributed by atoms with Crippen LogP contribution in [-0.4, -0.2) is 31.1 Å². The van der Waals surface area contributed by atoms with Crippen LogP contribution in [0.1, 0.15) is 52.0 Å². The second-order valence-electron chi connectivity index (χ2n) is 6.88. The molecule has 2 heteroatoms. The summed E-state index contributed by atoms with van der Waals surface area (Å²) < 4.78 is 5.88. The van der Waals surface area contributed by atoms with Crippen LogP contribution in [0.25, 0.3) is 0 Å². The van der Waals surface area contributed by atoms with Crippen LogP contribution in [0.5, 0.6) is 5.75 Å². The molecule has 1 heterocycles. The van der Waals surface area contributed by atoms with Crippen molar-refractivity contribution in [1.29, 1.82) is 0 Å². The van der Waals surface area contributed by atoms with Crippen LogP contribution in [-0.2, 0) is 5.41 Å². The molecule has 0 spiro atoms. The van der Waals surface area contributed by atoms with Crippen LogP contribution in [0.3, 0.4) is 0 Å². The molecular weight excluding hydrogens is 246 g/mol. The minimum Gasteiger partial charge on any atom is -0.492 e. The molecule has 0 amide bonds. The van der Waals surface area contributed by atoms with E-state index in [9.17, 15) is 0 Å². The number of benzene rings is 1. The van der Waals surface area contributed by atoms with Gasteiger partial charge in [0.15, 0.2) is 0 Å². The molecule has 0 aromatic heterocycles. The Hall–Kier alpha value is -1.02. The molecule has 2 nitrogen and oxygen atoms in total. The summed E-state index contributed by atoms with van der Waals surface area (Å²) in [6.45, 7) is 11.1. The molecule has 1 aliphatic rings. The van der Waals surface area contributed by atoms with E-state index in [-0.39, 0.29) is 5.41 Å². The van der Waals surface area contributed by atoms with Crippen molar-refractivity contribution in [3.05, 3.63) is 29.8 Å². The summed E-state index contributed by atoms with van der Waals surface area (Å²) in [4.78, 5) is 2.54. The maximum atomic E-state index is 5.88. The van der Waals surface area contributed by atoms with Crippen molar-refractivity contribution in [2.75, 3.05) is 26.2 Å². The Morgan fingerprint density at radius 1 is 0.950 bits per heavy atom. The molecule has 0 radical (unpaired) electrons. The lowest BCUT2D eigenvalue weighted by molar-refractivity contribution is 0.214. The molecule has 2 rings (SSSR count). The Bertz CT molecular complexity index is 383. The minimum atomic E-state index is 0.213. The summed E-state index contributed by atoms with van der Waals surface area (Å²) in [6.07, 6.45) is 5.48. The van der Waals surface area contributed by atoms with E-state index >= 15 is 0 Å². The third-order valence-electron chi connectivity index (χ3n) is 4.10. The van der Waals surface area contributed by atoms with Crippen molar-refractivity contribution >= 4 is 0 Å². The third kappa shape index (κ3) is 4.82. The second kappa shape index (κ2) is 7.12. The molecule has 1 aliphatic heterocycles. The molecule has 112 valence electrons. The minimum absolute atomic E-state index is 0.213. The van der Waals surface area contributed by atoms with Crippen molar-refractivity contribution < 1.29 is 4.74 Å². The van der Waals surface area contributed by atoms with Gasteiger partial charge in [0.05, 0.1) is 0 Å². The molecule has 0 atom stereocenters. The first-order valence-electron chi connectivity index (χ1n) is 8.01. The Morgan fingerprint density at radius 2 is 1.55 bits per heavy atom. The maximum Gasteiger partial charge on any atom is 0.119 e. The molecular formula is C18H29NO. The normalized spacial score (nSPS) is 17.8. The monoisotopic (exact) mass is 275 g/mol. The van der Waals surface area contributed by atoms with Crippen molar-refractivity contribution in [3.8, 4) is 5.75 Å². The summed E-state index contributed by atoms with van der Waals surface area (Å²) in [5.74, 6) is 0.993. The van der Waals surface area contributed by atoms with Gasteiger partial charge in [0.1, 0.15) is 12.4 Å². The number of rotatable bonds is 4. The SMILES string of the molecule is CC(C)(C)c1ccc(OCCN2CCCCCC2)cc1. The first-order chi connectivity index (χ1) is 9.55. The Labute approximate surface area is 124 Å².